The summed E-state index contributed by atoms with van der Waals surface area (Å²) in [5.74, 6) is -0.456. The molecule has 1 aromatic heterocycles. The number of rotatable bonds is 4. The fraction of sp³-hybridized carbons (Fsp3) is 0.462. The summed E-state index contributed by atoms with van der Waals surface area (Å²) >= 11 is -0.763. The molecule has 6 heteroatoms. The molecule has 103 valence electrons. The van der Waals surface area contributed by atoms with Crippen LogP contribution in [-0.4, -0.2) is 43.7 Å². The van der Waals surface area contributed by atoms with Gasteiger partial charge in [-0.1, -0.05) is 0 Å². The van der Waals surface area contributed by atoms with E-state index in [2.05, 4.69) is 4.98 Å². The molecule has 1 aromatic rings. The molecular formula is C13H17AsNO4. The van der Waals surface area contributed by atoms with Gasteiger partial charge in [-0.3, -0.25) is 0 Å². The van der Waals surface area contributed by atoms with Gasteiger partial charge in [-0.25, -0.2) is 0 Å². The summed E-state index contributed by atoms with van der Waals surface area (Å²) in [6.45, 7) is 7.53. The molecule has 0 amide bonds. The summed E-state index contributed by atoms with van der Waals surface area (Å²) in [5.41, 5.74) is -0.235. The number of hydrogen-bond donors (Lipinski definition) is 0. The maximum absolute atomic E-state index is 11.6. The number of carbonyl (C=O) groups is 2. The molecule has 1 heterocycles. The molecule has 0 aliphatic rings. The van der Waals surface area contributed by atoms with Gasteiger partial charge < -0.3 is 0 Å². The Bertz CT molecular complexity index is 451. The van der Waals surface area contributed by atoms with Crippen molar-refractivity contribution in [3.8, 4) is 0 Å². The number of esters is 1. The molecule has 0 aliphatic carbocycles. The molecule has 5 nitrogen and oxygen atoms in total. The van der Waals surface area contributed by atoms with E-state index in [0.717, 1.165) is 4.35 Å². The molecule has 19 heavy (non-hydrogen) atoms. The third-order valence-electron chi connectivity index (χ3n) is 1.85. The van der Waals surface area contributed by atoms with Crippen molar-refractivity contribution in [3.05, 3.63) is 24.0 Å². The Kier molecular flexibility index (Phi) is 5.55. The summed E-state index contributed by atoms with van der Waals surface area (Å²) in [6.07, 6.45) is 1.52. The van der Waals surface area contributed by atoms with Crippen LogP contribution in [0.25, 0.3) is 0 Å². The number of pyridine rings is 1. The van der Waals surface area contributed by atoms with E-state index < -0.39 is 27.3 Å². The summed E-state index contributed by atoms with van der Waals surface area (Å²) in [5, 5.41) is 0. The van der Waals surface area contributed by atoms with Gasteiger partial charge in [0.1, 0.15) is 0 Å². The summed E-state index contributed by atoms with van der Waals surface area (Å²) < 4.78 is 10.6. The van der Waals surface area contributed by atoms with Crippen LogP contribution in [0.5, 0.6) is 0 Å². The fourth-order valence-electron chi connectivity index (χ4n) is 1.17. The van der Waals surface area contributed by atoms with Crippen molar-refractivity contribution in [1.82, 2.24) is 4.98 Å². The Balaban J connectivity index is 2.62. The van der Waals surface area contributed by atoms with Gasteiger partial charge in [0.15, 0.2) is 0 Å². The average Bonchev–Trinajstić information content (AvgIpc) is 2.27. The van der Waals surface area contributed by atoms with E-state index in [1.165, 1.54) is 6.20 Å². The van der Waals surface area contributed by atoms with Crippen LogP contribution in [-0.2, 0) is 9.47 Å². The Morgan fingerprint density at radius 1 is 1.32 bits per heavy atom. The van der Waals surface area contributed by atoms with Crippen molar-refractivity contribution < 1.29 is 19.1 Å². The van der Waals surface area contributed by atoms with E-state index in [9.17, 15) is 9.59 Å². The van der Waals surface area contributed by atoms with Gasteiger partial charge in [-0.2, -0.15) is 0 Å². The van der Waals surface area contributed by atoms with Crippen LogP contribution < -0.4 is 4.35 Å². The van der Waals surface area contributed by atoms with Crippen LogP contribution >= 0.6 is 0 Å². The summed E-state index contributed by atoms with van der Waals surface area (Å²) in [6, 6.07) is 3.27. The first-order valence-electron chi connectivity index (χ1n) is 5.89. The van der Waals surface area contributed by atoms with E-state index in [0.29, 0.717) is 6.61 Å². The molecule has 0 unspecified atom stereocenters. The second kappa shape index (κ2) is 6.71. The maximum atomic E-state index is 11.6. The first-order chi connectivity index (χ1) is 8.81. The van der Waals surface area contributed by atoms with Crippen molar-refractivity contribution in [2.75, 3.05) is 6.61 Å². The molecule has 0 atom stereocenters. The first-order valence-corrected chi connectivity index (χ1v) is 7.77. The zero-order valence-corrected chi connectivity index (χ0v) is 13.3. The predicted molar refractivity (Wildman–Crippen MR) is 71.8 cm³/mol. The molecule has 1 rings (SSSR count). The van der Waals surface area contributed by atoms with E-state index in [1.54, 1.807) is 19.1 Å². The van der Waals surface area contributed by atoms with Gasteiger partial charge in [0.05, 0.1) is 0 Å². The van der Waals surface area contributed by atoms with Gasteiger partial charge in [0, 0.05) is 0 Å². The second-order valence-corrected chi connectivity index (χ2v) is 7.03. The SMILES string of the molecule is CCOC(=O)c1ccc([As]C(=O)OC(C)(C)C)cn1. The first kappa shape index (κ1) is 15.7. The van der Waals surface area contributed by atoms with Crippen molar-refractivity contribution in [2.24, 2.45) is 0 Å². The van der Waals surface area contributed by atoms with Crippen LogP contribution in [0, 0.1) is 0 Å². The van der Waals surface area contributed by atoms with Gasteiger partial charge in [-0.05, 0) is 0 Å². The minimum atomic E-state index is -0.763. The monoisotopic (exact) mass is 326 g/mol. The molecule has 0 saturated carbocycles. The Morgan fingerprint density at radius 3 is 2.47 bits per heavy atom. The third-order valence-corrected chi connectivity index (χ3v) is 3.52. The normalized spacial score (nSPS) is 11.6. The van der Waals surface area contributed by atoms with Gasteiger partial charge in [0.2, 0.25) is 0 Å². The third kappa shape index (κ3) is 5.88. The van der Waals surface area contributed by atoms with Gasteiger partial charge in [-0.15, -0.1) is 0 Å². The van der Waals surface area contributed by atoms with Crippen LogP contribution in [0.2, 0.25) is 0 Å². The molecule has 0 bridgehead atoms. The number of carbonyl (C=O) groups excluding carboxylic acids is 2. The molecule has 0 aliphatic heterocycles. The van der Waals surface area contributed by atoms with Crippen molar-refractivity contribution in [3.63, 3.8) is 0 Å². The summed E-state index contributed by atoms with van der Waals surface area (Å²) in [7, 11) is 0. The minimum absolute atomic E-state index is 0.227. The number of hydrogen-bond acceptors (Lipinski definition) is 5. The van der Waals surface area contributed by atoms with E-state index in [-0.39, 0.29) is 10.5 Å². The van der Waals surface area contributed by atoms with Crippen LogP contribution in [0.4, 0.5) is 4.79 Å². The second-order valence-electron chi connectivity index (χ2n) is 4.71. The molecular weight excluding hydrogens is 309 g/mol. The van der Waals surface area contributed by atoms with Crippen LogP contribution in [0.15, 0.2) is 18.3 Å². The van der Waals surface area contributed by atoms with Gasteiger partial charge in [0.25, 0.3) is 0 Å². The Morgan fingerprint density at radius 2 is 2.00 bits per heavy atom. The van der Waals surface area contributed by atoms with Gasteiger partial charge >= 0.3 is 119 Å². The number of aromatic nitrogens is 1. The molecule has 0 N–H and O–H groups in total. The van der Waals surface area contributed by atoms with E-state index in [4.69, 9.17) is 9.47 Å². The molecule has 1 radical (unpaired) electrons. The zero-order chi connectivity index (χ0) is 14.5. The Labute approximate surface area is 119 Å². The van der Waals surface area contributed by atoms with Crippen molar-refractivity contribution in [2.45, 2.75) is 33.3 Å². The summed E-state index contributed by atoms with van der Waals surface area (Å²) in [4.78, 5) is 27.0. The quantitative estimate of drug-likeness (QED) is 0.620. The average molecular weight is 326 g/mol. The van der Waals surface area contributed by atoms with E-state index in [1.807, 2.05) is 20.8 Å². The molecule has 0 saturated heterocycles. The Hall–Kier alpha value is -1.35. The molecule has 0 fully saturated rings. The fourth-order valence-corrected chi connectivity index (χ4v) is 2.84. The molecule has 0 spiro atoms. The van der Waals surface area contributed by atoms with Crippen LogP contribution in [0.3, 0.4) is 0 Å². The number of nitrogens with zero attached hydrogens (tertiary/aromatic N) is 1. The standard InChI is InChI=1S/C13H17AsNO4/c1-5-18-11(16)10-7-6-9(8-15-10)14-12(17)19-13(2,3)4/h6-8H,5H2,1-4H3. The van der Waals surface area contributed by atoms with E-state index >= 15 is 0 Å². The number of ether oxygens (including phenoxy) is 2. The predicted octanol–water partition coefficient (Wildman–Crippen LogP) is 1.52. The van der Waals surface area contributed by atoms with Crippen LogP contribution in [0.1, 0.15) is 38.2 Å². The van der Waals surface area contributed by atoms with Crippen molar-refractivity contribution >= 4 is 30.8 Å². The molecule has 0 aromatic carbocycles. The topological polar surface area (TPSA) is 65.5 Å². The van der Waals surface area contributed by atoms with Crippen molar-refractivity contribution in [1.29, 1.82) is 0 Å². The zero-order valence-electron chi connectivity index (χ0n) is 11.5.